The number of piperazine rings is 1. The summed E-state index contributed by atoms with van der Waals surface area (Å²) in [4.78, 5) is 16.8. The number of nitrogens with zero attached hydrogens (tertiary/aromatic N) is 1. The number of hydrogen-bond donors (Lipinski definition) is 2. The number of hydrogen-bond acceptors (Lipinski definition) is 3. The molecule has 1 aliphatic heterocycles. The van der Waals surface area contributed by atoms with Crippen molar-refractivity contribution in [2.24, 2.45) is 0 Å². The normalized spacial score (nSPS) is 20.9. The van der Waals surface area contributed by atoms with Crippen LogP contribution in [0, 0.1) is 0 Å². The van der Waals surface area contributed by atoms with E-state index < -0.39 is 0 Å². The lowest BCUT2D eigenvalue weighted by molar-refractivity contribution is 0.484. The molecule has 1 aromatic heterocycles. The van der Waals surface area contributed by atoms with Gasteiger partial charge in [0, 0.05) is 37.4 Å². The summed E-state index contributed by atoms with van der Waals surface area (Å²) in [6, 6.07) is 2.53. The molecule has 1 fully saturated rings. The summed E-state index contributed by atoms with van der Waals surface area (Å²) >= 11 is 0. The average Bonchev–Trinajstić information content (AvgIpc) is 2.29. The highest BCUT2D eigenvalue weighted by Gasteiger charge is 2.17. The van der Waals surface area contributed by atoms with E-state index in [4.69, 9.17) is 0 Å². The number of pyridine rings is 1. The molecule has 1 atom stereocenters. The van der Waals surface area contributed by atoms with Gasteiger partial charge in [-0.25, -0.2) is 0 Å². The Labute approximate surface area is 102 Å². The van der Waals surface area contributed by atoms with Crippen LogP contribution in [-0.2, 0) is 0 Å². The number of anilines is 1. The highest BCUT2D eigenvalue weighted by molar-refractivity contribution is 5.47. The molecule has 0 bridgehead atoms. The Hall–Kier alpha value is -1.29. The predicted molar refractivity (Wildman–Crippen MR) is 70.8 cm³/mol. The molecule has 0 aromatic carbocycles. The molecular weight excluding hydrogens is 214 g/mol. The molecule has 4 heteroatoms. The van der Waals surface area contributed by atoms with Crippen LogP contribution in [-0.4, -0.2) is 30.7 Å². The molecule has 94 valence electrons. The van der Waals surface area contributed by atoms with Crippen molar-refractivity contribution < 1.29 is 0 Å². The summed E-state index contributed by atoms with van der Waals surface area (Å²) in [7, 11) is 0. The standard InChI is InChI=1S/C13H21N3O/c1-9(2)12-6-11(7-15-13(12)17)16-5-4-14-10(3)8-16/h6-7,9-10,14H,4-5,8H2,1-3H3,(H,15,17)/t10-/m0/s1. The van der Waals surface area contributed by atoms with E-state index in [9.17, 15) is 4.79 Å². The van der Waals surface area contributed by atoms with Crippen LogP contribution in [0.15, 0.2) is 17.1 Å². The molecule has 0 aliphatic carbocycles. The zero-order chi connectivity index (χ0) is 12.4. The average molecular weight is 235 g/mol. The summed E-state index contributed by atoms with van der Waals surface area (Å²) in [6.07, 6.45) is 1.83. The number of rotatable bonds is 2. The first-order valence-corrected chi connectivity index (χ1v) is 6.29. The zero-order valence-corrected chi connectivity index (χ0v) is 10.8. The van der Waals surface area contributed by atoms with Crippen molar-refractivity contribution in [1.82, 2.24) is 10.3 Å². The van der Waals surface area contributed by atoms with Crippen LogP contribution in [0.1, 0.15) is 32.3 Å². The molecule has 1 saturated heterocycles. The third kappa shape index (κ3) is 2.69. The van der Waals surface area contributed by atoms with Gasteiger partial charge in [0.25, 0.3) is 5.56 Å². The van der Waals surface area contributed by atoms with Crippen molar-refractivity contribution in [3.63, 3.8) is 0 Å². The van der Waals surface area contributed by atoms with Gasteiger partial charge in [-0.1, -0.05) is 13.8 Å². The highest BCUT2D eigenvalue weighted by Crippen LogP contribution is 2.18. The van der Waals surface area contributed by atoms with Gasteiger partial charge in [0.1, 0.15) is 0 Å². The molecule has 2 N–H and O–H groups in total. The van der Waals surface area contributed by atoms with E-state index in [0.29, 0.717) is 6.04 Å². The van der Waals surface area contributed by atoms with E-state index in [-0.39, 0.29) is 11.5 Å². The fourth-order valence-electron chi connectivity index (χ4n) is 2.27. The number of nitrogens with one attached hydrogen (secondary N) is 2. The molecule has 2 rings (SSSR count). The second kappa shape index (κ2) is 4.92. The van der Waals surface area contributed by atoms with Crippen molar-refractivity contribution in [1.29, 1.82) is 0 Å². The first-order valence-electron chi connectivity index (χ1n) is 6.29. The Morgan fingerprint density at radius 2 is 2.24 bits per heavy atom. The Balaban J connectivity index is 2.26. The monoisotopic (exact) mass is 235 g/mol. The lowest BCUT2D eigenvalue weighted by Crippen LogP contribution is -2.49. The molecule has 0 radical (unpaired) electrons. The van der Waals surface area contributed by atoms with Crippen LogP contribution in [0.4, 0.5) is 5.69 Å². The quantitative estimate of drug-likeness (QED) is 0.812. The SMILES string of the molecule is CC(C)c1cc(N2CCN[C@@H](C)C2)c[nH]c1=O. The van der Waals surface area contributed by atoms with Crippen LogP contribution in [0.3, 0.4) is 0 Å². The van der Waals surface area contributed by atoms with Crippen LogP contribution >= 0.6 is 0 Å². The van der Waals surface area contributed by atoms with Gasteiger partial charge in [0.05, 0.1) is 5.69 Å². The van der Waals surface area contributed by atoms with E-state index in [1.54, 1.807) is 0 Å². The van der Waals surface area contributed by atoms with E-state index in [0.717, 1.165) is 30.9 Å². The molecule has 0 amide bonds. The van der Waals surface area contributed by atoms with E-state index in [1.165, 1.54) is 0 Å². The summed E-state index contributed by atoms with van der Waals surface area (Å²) in [5, 5.41) is 3.42. The maximum Gasteiger partial charge on any atom is 0.251 e. The minimum Gasteiger partial charge on any atom is -0.368 e. The van der Waals surface area contributed by atoms with Crippen molar-refractivity contribution in [2.45, 2.75) is 32.7 Å². The second-order valence-electron chi connectivity index (χ2n) is 5.10. The molecule has 0 unspecified atom stereocenters. The minimum atomic E-state index is 0.0342. The first kappa shape index (κ1) is 12.2. The van der Waals surface area contributed by atoms with Gasteiger partial charge in [-0.3, -0.25) is 4.79 Å². The summed E-state index contributed by atoms with van der Waals surface area (Å²) in [5.74, 6) is 0.263. The van der Waals surface area contributed by atoms with Crippen LogP contribution in [0.25, 0.3) is 0 Å². The van der Waals surface area contributed by atoms with E-state index in [2.05, 4.69) is 36.0 Å². The smallest absolute Gasteiger partial charge is 0.251 e. The molecule has 0 spiro atoms. The lowest BCUT2D eigenvalue weighted by atomic mass is 10.0. The number of H-pyrrole nitrogens is 1. The largest absolute Gasteiger partial charge is 0.368 e. The summed E-state index contributed by atoms with van der Waals surface area (Å²) in [6.45, 7) is 9.26. The van der Waals surface area contributed by atoms with E-state index >= 15 is 0 Å². The van der Waals surface area contributed by atoms with Crippen molar-refractivity contribution >= 4 is 5.69 Å². The predicted octanol–water partition coefficient (Wildman–Crippen LogP) is 1.30. The maximum absolute atomic E-state index is 11.7. The van der Waals surface area contributed by atoms with Crippen molar-refractivity contribution in [3.8, 4) is 0 Å². The lowest BCUT2D eigenvalue weighted by Gasteiger charge is -2.33. The molecule has 0 saturated carbocycles. The summed E-state index contributed by atoms with van der Waals surface area (Å²) < 4.78 is 0. The summed E-state index contributed by atoms with van der Waals surface area (Å²) in [5.41, 5.74) is 2.03. The van der Waals surface area contributed by atoms with Gasteiger partial charge in [0.2, 0.25) is 0 Å². The Morgan fingerprint density at radius 3 is 2.88 bits per heavy atom. The van der Waals surface area contributed by atoms with E-state index in [1.807, 2.05) is 12.3 Å². The third-order valence-electron chi connectivity index (χ3n) is 3.27. The van der Waals surface area contributed by atoms with Crippen molar-refractivity contribution in [2.75, 3.05) is 24.5 Å². The molecular formula is C13H21N3O. The Kier molecular flexibility index (Phi) is 3.52. The fraction of sp³-hybridized carbons (Fsp3) is 0.615. The van der Waals surface area contributed by atoms with Crippen molar-refractivity contribution in [3.05, 3.63) is 28.2 Å². The molecule has 17 heavy (non-hydrogen) atoms. The van der Waals surface area contributed by atoms with Gasteiger partial charge in [0.15, 0.2) is 0 Å². The topological polar surface area (TPSA) is 48.1 Å². The van der Waals surface area contributed by atoms with Gasteiger partial charge >= 0.3 is 0 Å². The van der Waals surface area contributed by atoms with Gasteiger partial charge in [-0.15, -0.1) is 0 Å². The molecule has 1 aliphatic rings. The van der Waals surface area contributed by atoms with Crippen LogP contribution in [0.5, 0.6) is 0 Å². The molecule has 4 nitrogen and oxygen atoms in total. The van der Waals surface area contributed by atoms with Gasteiger partial charge < -0.3 is 15.2 Å². The van der Waals surface area contributed by atoms with Gasteiger partial charge in [-0.05, 0) is 18.9 Å². The maximum atomic E-state index is 11.7. The third-order valence-corrected chi connectivity index (χ3v) is 3.27. The number of aromatic nitrogens is 1. The molecule has 2 heterocycles. The fourth-order valence-corrected chi connectivity index (χ4v) is 2.27. The molecule has 1 aromatic rings. The van der Waals surface area contributed by atoms with Crippen LogP contribution < -0.4 is 15.8 Å². The Morgan fingerprint density at radius 1 is 1.47 bits per heavy atom. The zero-order valence-electron chi connectivity index (χ0n) is 10.8. The highest BCUT2D eigenvalue weighted by atomic mass is 16.1. The van der Waals surface area contributed by atoms with Crippen LogP contribution in [0.2, 0.25) is 0 Å². The minimum absolute atomic E-state index is 0.0342. The Bertz CT molecular complexity index is 439. The second-order valence-corrected chi connectivity index (χ2v) is 5.10. The first-order chi connectivity index (χ1) is 8.08. The van der Waals surface area contributed by atoms with Gasteiger partial charge in [-0.2, -0.15) is 0 Å². The number of aromatic amines is 1.